The number of carbonyl (C=O) groups is 1. The number of nitrogens with two attached hydrogens (primary N) is 1. The SMILES string of the molecule is CCOc1ccc(N2CCCCn3c2nc2c3c(=O)n(CC(N)=O)c(=O)n2C)cc1. The molecule has 2 aromatic heterocycles. The van der Waals surface area contributed by atoms with E-state index in [4.69, 9.17) is 10.5 Å². The highest BCUT2D eigenvalue weighted by Gasteiger charge is 2.26. The van der Waals surface area contributed by atoms with E-state index in [2.05, 4.69) is 4.98 Å². The Morgan fingerprint density at radius 1 is 1.17 bits per heavy atom. The molecule has 10 nitrogen and oxygen atoms in total. The quantitative estimate of drug-likeness (QED) is 0.660. The van der Waals surface area contributed by atoms with E-state index in [1.54, 1.807) is 0 Å². The molecule has 3 aromatic rings. The molecule has 0 atom stereocenters. The lowest BCUT2D eigenvalue weighted by Crippen LogP contribution is -2.42. The number of primary amides is 1. The van der Waals surface area contributed by atoms with Gasteiger partial charge in [0.05, 0.1) is 6.61 Å². The number of anilines is 2. The monoisotopic (exact) mass is 412 g/mol. The molecular formula is C20H24N6O4. The zero-order valence-electron chi connectivity index (χ0n) is 17.0. The molecule has 0 spiro atoms. The Kier molecular flexibility index (Phi) is 5.06. The van der Waals surface area contributed by atoms with Crippen LogP contribution in [-0.2, 0) is 24.9 Å². The summed E-state index contributed by atoms with van der Waals surface area (Å²) in [7, 11) is 1.54. The van der Waals surface area contributed by atoms with Crippen LogP contribution < -0.4 is 26.6 Å². The van der Waals surface area contributed by atoms with E-state index in [-0.39, 0.29) is 0 Å². The smallest absolute Gasteiger partial charge is 0.332 e. The predicted molar refractivity (Wildman–Crippen MR) is 112 cm³/mol. The van der Waals surface area contributed by atoms with Gasteiger partial charge in [-0.3, -0.25) is 14.2 Å². The van der Waals surface area contributed by atoms with E-state index < -0.39 is 23.7 Å². The Balaban J connectivity index is 1.91. The standard InChI is InChI=1S/C20H24N6O4/c1-3-30-14-8-6-13(7-9-14)24-10-4-5-11-25-16-17(22-19(24)25)23(2)20(29)26(18(16)28)12-15(21)27/h6-9H,3-5,10-12H2,1-2H3,(H2,21,27). The second-order valence-electron chi connectivity index (χ2n) is 7.22. The molecular weight excluding hydrogens is 388 g/mol. The molecule has 0 fully saturated rings. The minimum atomic E-state index is -0.750. The van der Waals surface area contributed by atoms with E-state index in [0.717, 1.165) is 35.4 Å². The first kappa shape index (κ1) is 19.7. The van der Waals surface area contributed by atoms with Crippen LogP contribution in [0.3, 0.4) is 0 Å². The summed E-state index contributed by atoms with van der Waals surface area (Å²) in [5, 5.41) is 0. The fourth-order valence-corrected chi connectivity index (χ4v) is 3.85. The van der Waals surface area contributed by atoms with Gasteiger partial charge < -0.3 is 19.9 Å². The van der Waals surface area contributed by atoms with Crippen molar-refractivity contribution in [3.63, 3.8) is 0 Å². The number of aryl methyl sites for hydroxylation is 2. The largest absolute Gasteiger partial charge is 0.494 e. The molecule has 158 valence electrons. The maximum atomic E-state index is 13.1. The van der Waals surface area contributed by atoms with Crippen LogP contribution in [0.1, 0.15) is 19.8 Å². The van der Waals surface area contributed by atoms with Crippen LogP contribution in [0.2, 0.25) is 0 Å². The topological polar surface area (TPSA) is 117 Å². The first-order valence-corrected chi connectivity index (χ1v) is 9.91. The second kappa shape index (κ2) is 7.69. The molecule has 30 heavy (non-hydrogen) atoms. The molecule has 2 N–H and O–H groups in total. The van der Waals surface area contributed by atoms with Gasteiger partial charge in [0.2, 0.25) is 11.9 Å². The molecule has 1 aliphatic heterocycles. The van der Waals surface area contributed by atoms with Crippen LogP contribution in [0, 0.1) is 0 Å². The van der Waals surface area contributed by atoms with Crippen molar-refractivity contribution in [2.75, 3.05) is 18.1 Å². The van der Waals surface area contributed by atoms with Gasteiger partial charge in [0.1, 0.15) is 12.3 Å². The van der Waals surface area contributed by atoms with E-state index in [1.807, 2.05) is 40.7 Å². The van der Waals surface area contributed by atoms with Gasteiger partial charge in [-0.05, 0) is 44.0 Å². The Bertz CT molecular complexity index is 1220. The third-order valence-corrected chi connectivity index (χ3v) is 5.24. The molecule has 0 saturated heterocycles. The third kappa shape index (κ3) is 3.23. The summed E-state index contributed by atoms with van der Waals surface area (Å²) in [6, 6.07) is 7.69. The lowest BCUT2D eigenvalue weighted by Gasteiger charge is -2.22. The Labute approximate surface area is 172 Å². The molecule has 0 unspecified atom stereocenters. The summed E-state index contributed by atoms with van der Waals surface area (Å²) in [5.74, 6) is 0.622. The summed E-state index contributed by atoms with van der Waals surface area (Å²) < 4.78 is 9.51. The summed E-state index contributed by atoms with van der Waals surface area (Å²) >= 11 is 0. The van der Waals surface area contributed by atoms with Gasteiger partial charge in [-0.15, -0.1) is 0 Å². The lowest BCUT2D eigenvalue weighted by molar-refractivity contribution is -0.118. The Hall–Kier alpha value is -3.56. The van der Waals surface area contributed by atoms with Gasteiger partial charge in [-0.1, -0.05) is 0 Å². The average Bonchev–Trinajstić information content (AvgIpc) is 2.98. The number of nitrogens with zero attached hydrogens (tertiary/aromatic N) is 5. The fourth-order valence-electron chi connectivity index (χ4n) is 3.85. The van der Waals surface area contributed by atoms with Gasteiger partial charge in [0.25, 0.3) is 5.56 Å². The zero-order chi connectivity index (χ0) is 21.4. The van der Waals surface area contributed by atoms with Crippen molar-refractivity contribution in [2.45, 2.75) is 32.9 Å². The van der Waals surface area contributed by atoms with Gasteiger partial charge in [-0.25, -0.2) is 9.36 Å². The maximum absolute atomic E-state index is 13.1. The summed E-state index contributed by atoms with van der Waals surface area (Å²) in [4.78, 5) is 43.8. The van der Waals surface area contributed by atoms with Gasteiger partial charge in [0.15, 0.2) is 11.2 Å². The maximum Gasteiger partial charge on any atom is 0.332 e. The van der Waals surface area contributed by atoms with Crippen molar-refractivity contribution in [2.24, 2.45) is 12.8 Å². The van der Waals surface area contributed by atoms with Crippen LogP contribution in [-0.4, -0.2) is 37.7 Å². The number of benzene rings is 1. The molecule has 3 heterocycles. The minimum Gasteiger partial charge on any atom is -0.494 e. The summed E-state index contributed by atoms with van der Waals surface area (Å²) in [6.45, 7) is 3.36. The average molecular weight is 412 g/mol. The first-order chi connectivity index (χ1) is 14.4. The summed E-state index contributed by atoms with van der Waals surface area (Å²) in [5.41, 5.74) is 5.57. The number of ether oxygens (including phenoxy) is 1. The normalized spacial score (nSPS) is 13.9. The van der Waals surface area contributed by atoms with Gasteiger partial charge in [0, 0.05) is 25.8 Å². The van der Waals surface area contributed by atoms with Crippen molar-refractivity contribution in [1.29, 1.82) is 0 Å². The van der Waals surface area contributed by atoms with E-state index in [0.29, 0.717) is 30.3 Å². The molecule has 1 aromatic carbocycles. The predicted octanol–water partition coefficient (Wildman–Crippen LogP) is 0.713. The highest BCUT2D eigenvalue weighted by atomic mass is 16.5. The van der Waals surface area contributed by atoms with Gasteiger partial charge in [-0.2, -0.15) is 4.98 Å². The number of rotatable bonds is 5. The molecule has 1 amide bonds. The summed E-state index contributed by atoms with van der Waals surface area (Å²) in [6.07, 6.45) is 1.77. The Morgan fingerprint density at radius 2 is 1.87 bits per heavy atom. The van der Waals surface area contributed by atoms with Crippen molar-refractivity contribution >= 4 is 28.7 Å². The van der Waals surface area contributed by atoms with Crippen LogP contribution in [0.15, 0.2) is 33.9 Å². The molecule has 0 bridgehead atoms. The number of amides is 1. The van der Waals surface area contributed by atoms with Crippen molar-refractivity contribution in [3.05, 3.63) is 45.1 Å². The zero-order valence-corrected chi connectivity index (χ0v) is 17.0. The Morgan fingerprint density at radius 3 is 2.53 bits per heavy atom. The number of fused-ring (bicyclic) bond motifs is 3. The number of hydrogen-bond donors (Lipinski definition) is 1. The molecule has 4 rings (SSSR count). The third-order valence-electron chi connectivity index (χ3n) is 5.24. The molecule has 0 radical (unpaired) electrons. The number of carbonyl (C=O) groups excluding carboxylic acids is 1. The number of hydrogen-bond acceptors (Lipinski definition) is 6. The highest BCUT2D eigenvalue weighted by molar-refractivity contribution is 5.78. The second-order valence-corrected chi connectivity index (χ2v) is 7.22. The molecule has 0 saturated carbocycles. The minimum absolute atomic E-state index is 0.290. The van der Waals surface area contributed by atoms with Crippen molar-refractivity contribution in [1.82, 2.24) is 18.7 Å². The fraction of sp³-hybridized carbons (Fsp3) is 0.400. The van der Waals surface area contributed by atoms with E-state index in [9.17, 15) is 14.4 Å². The molecule has 1 aliphatic rings. The van der Waals surface area contributed by atoms with Gasteiger partial charge >= 0.3 is 5.69 Å². The van der Waals surface area contributed by atoms with Crippen molar-refractivity contribution in [3.8, 4) is 5.75 Å². The number of aromatic nitrogens is 4. The molecule has 10 heteroatoms. The van der Waals surface area contributed by atoms with E-state index in [1.165, 1.54) is 11.6 Å². The first-order valence-electron chi connectivity index (χ1n) is 9.91. The van der Waals surface area contributed by atoms with Crippen LogP contribution in [0.25, 0.3) is 11.2 Å². The highest BCUT2D eigenvalue weighted by Crippen LogP contribution is 2.31. The van der Waals surface area contributed by atoms with E-state index >= 15 is 0 Å². The lowest BCUT2D eigenvalue weighted by atomic mass is 10.2. The number of imidazole rings is 1. The van der Waals surface area contributed by atoms with Crippen LogP contribution >= 0.6 is 0 Å². The van der Waals surface area contributed by atoms with Crippen LogP contribution in [0.5, 0.6) is 5.75 Å². The molecule has 0 aliphatic carbocycles. The van der Waals surface area contributed by atoms with Crippen molar-refractivity contribution < 1.29 is 9.53 Å². The van der Waals surface area contributed by atoms with Crippen LogP contribution in [0.4, 0.5) is 11.6 Å².